The Morgan fingerprint density at radius 1 is 0.595 bits per heavy atom. The number of esters is 1. The van der Waals surface area contributed by atoms with Gasteiger partial charge in [0.25, 0.3) is 0 Å². The SMILES string of the molecule is C=C1C[C@@]23CC[C@H]4[C@@](C)(CCC[C@@]4(C)C(=O)O[C@@H]4O[C@H](CO)[C@@H](O)[C@H](O)[C@H]4O)[C@@H]2CC[C@]1(O[C@@H]1O[C@H](CO)[C@@H](O)[C@H](O)[C@H]1O[C@@H]1O[C@H](CO)[C@@H](O)[C@H](O)[C@H]1O)C3.OC[C@H]1O[C@H](O[C@]2(CCl)O[C@H](CCl)[C@@H](O)[C@@H]2O)[C@H](O)[C@@H](O)[C@H]1Cl. The van der Waals surface area contributed by atoms with Gasteiger partial charge in [0.2, 0.25) is 12.1 Å². The molecule has 0 amide bonds. The molecule has 16 N–H and O–H groups in total. The van der Waals surface area contributed by atoms with E-state index in [-0.39, 0.29) is 28.5 Å². The van der Waals surface area contributed by atoms with Crippen molar-refractivity contribution in [2.45, 2.75) is 223 Å². The highest BCUT2D eigenvalue weighted by Gasteiger charge is 2.70. The van der Waals surface area contributed by atoms with Gasteiger partial charge in [-0.1, -0.05) is 19.9 Å². The molecular formula is C50H79Cl3O26. The second-order valence-electron chi connectivity index (χ2n) is 23.5. The zero-order valence-corrected chi connectivity index (χ0v) is 45.9. The lowest BCUT2D eigenvalue weighted by Crippen LogP contribution is -2.65. The van der Waals surface area contributed by atoms with Crippen LogP contribution in [0.15, 0.2) is 12.2 Å². The third-order valence-electron chi connectivity index (χ3n) is 18.9. The molecule has 30 atom stereocenters. The van der Waals surface area contributed by atoms with Crippen LogP contribution in [-0.4, -0.2) is 278 Å². The number of carbonyl (C=O) groups excluding carboxylic acids is 1. The first-order valence-corrected chi connectivity index (χ1v) is 28.3. The lowest BCUT2D eigenvalue weighted by Gasteiger charge is -2.64. The summed E-state index contributed by atoms with van der Waals surface area (Å²) in [6.45, 7) is 5.99. The number of fused-ring (bicyclic) bond motifs is 3. The number of hydrogen-bond donors (Lipinski definition) is 16. The second kappa shape index (κ2) is 24.8. The summed E-state index contributed by atoms with van der Waals surface area (Å²) in [4.78, 5) is 14.1. The van der Waals surface area contributed by atoms with Crippen molar-refractivity contribution in [2.75, 3.05) is 38.2 Å². The molecule has 29 heteroatoms. The molecule has 2 bridgehead atoms. The fourth-order valence-corrected chi connectivity index (χ4v) is 15.4. The minimum absolute atomic E-state index is 0.121. The smallest absolute Gasteiger partial charge is 0.314 e. The van der Waals surface area contributed by atoms with Gasteiger partial charge in [-0.2, -0.15) is 0 Å². The molecule has 5 aliphatic heterocycles. The first-order valence-electron chi connectivity index (χ1n) is 26.8. The summed E-state index contributed by atoms with van der Waals surface area (Å²) in [5.41, 5.74) is -1.80. The van der Waals surface area contributed by atoms with Crippen molar-refractivity contribution in [3.05, 3.63) is 12.2 Å². The topological polar surface area (TPSA) is 424 Å². The van der Waals surface area contributed by atoms with E-state index in [1.165, 1.54) is 0 Å². The molecule has 4 aliphatic carbocycles. The van der Waals surface area contributed by atoms with Crippen LogP contribution in [0, 0.1) is 28.1 Å². The predicted octanol–water partition coefficient (Wildman–Crippen LogP) is -4.59. The van der Waals surface area contributed by atoms with Gasteiger partial charge in [0.05, 0.1) is 54.6 Å². The van der Waals surface area contributed by atoms with E-state index in [1.54, 1.807) is 0 Å². The van der Waals surface area contributed by atoms with Crippen molar-refractivity contribution in [1.29, 1.82) is 0 Å². The van der Waals surface area contributed by atoms with Crippen molar-refractivity contribution in [3.8, 4) is 0 Å². The Hall–Kier alpha value is -0.880. The first kappa shape index (κ1) is 64.1. The number of aliphatic hydroxyl groups is 16. The summed E-state index contributed by atoms with van der Waals surface area (Å²) >= 11 is 17.3. The van der Waals surface area contributed by atoms with Crippen LogP contribution in [0.4, 0.5) is 0 Å². The Labute approximate surface area is 470 Å². The Morgan fingerprint density at radius 3 is 1.70 bits per heavy atom. The lowest BCUT2D eigenvalue weighted by molar-refractivity contribution is -0.378. The van der Waals surface area contributed by atoms with Crippen molar-refractivity contribution in [1.82, 2.24) is 0 Å². The quantitative estimate of drug-likeness (QED) is 0.0337. The zero-order chi connectivity index (χ0) is 58.1. The summed E-state index contributed by atoms with van der Waals surface area (Å²) in [5.74, 6) is -3.02. The minimum atomic E-state index is -1.90. The van der Waals surface area contributed by atoms with E-state index >= 15 is 0 Å². The van der Waals surface area contributed by atoms with Crippen LogP contribution < -0.4 is 0 Å². The van der Waals surface area contributed by atoms with Crippen LogP contribution in [0.3, 0.4) is 0 Å². The number of aliphatic hydroxyl groups excluding tert-OH is 16. The van der Waals surface area contributed by atoms with Crippen LogP contribution in [0.25, 0.3) is 0 Å². The van der Waals surface area contributed by atoms with E-state index in [1.807, 2.05) is 6.92 Å². The van der Waals surface area contributed by atoms with Gasteiger partial charge in [-0.25, -0.2) is 0 Å². The van der Waals surface area contributed by atoms with E-state index in [4.69, 9.17) is 77.4 Å². The van der Waals surface area contributed by atoms with Gasteiger partial charge in [-0.3, -0.25) is 4.79 Å². The molecule has 5 saturated heterocycles. The molecule has 4 saturated carbocycles. The van der Waals surface area contributed by atoms with Gasteiger partial charge in [-0.15, -0.1) is 34.8 Å². The van der Waals surface area contributed by atoms with Crippen LogP contribution in [0.5, 0.6) is 0 Å². The molecule has 456 valence electrons. The first-order chi connectivity index (χ1) is 37.2. The fraction of sp³-hybridized carbons (Fsp3) is 0.940. The summed E-state index contributed by atoms with van der Waals surface area (Å²) in [5, 5.41) is 162. The highest BCUT2D eigenvalue weighted by atomic mass is 35.5. The molecule has 0 radical (unpaired) electrons. The predicted molar refractivity (Wildman–Crippen MR) is 266 cm³/mol. The Kier molecular flexibility index (Phi) is 20.2. The molecule has 9 aliphatic rings. The van der Waals surface area contributed by atoms with E-state index in [0.717, 1.165) is 18.4 Å². The lowest BCUT2D eigenvalue weighted by atomic mass is 9.41. The van der Waals surface area contributed by atoms with Crippen molar-refractivity contribution >= 4 is 40.8 Å². The second-order valence-corrected chi connectivity index (χ2v) is 24.5. The highest BCUT2D eigenvalue weighted by molar-refractivity contribution is 6.21. The van der Waals surface area contributed by atoms with Gasteiger partial charge in [0.1, 0.15) is 110 Å². The summed E-state index contributed by atoms with van der Waals surface area (Å²) in [7, 11) is 0. The number of ether oxygens (including phenoxy) is 9. The Morgan fingerprint density at radius 2 is 1.13 bits per heavy atom. The third kappa shape index (κ3) is 11.3. The maximum Gasteiger partial charge on any atom is 0.314 e. The average Bonchev–Trinajstić information content (AvgIpc) is 3.33. The van der Waals surface area contributed by atoms with Gasteiger partial charge < -0.3 is 124 Å². The zero-order valence-electron chi connectivity index (χ0n) is 43.6. The summed E-state index contributed by atoms with van der Waals surface area (Å²) < 4.78 is 51.7. The standard InChI is InChI=1S/C38H60O18.C12H19Cl3O8/c1-16-11-37-9-5-20-35(2,7-4-8-36(20,3)34(50)55-32-29(49)26(46)23(43)18(13-40)52-32)21(37)6-10-38(16,15-37)56-33-30(27(47)24(44)19(14-41)53-33)54-31-28(48)25(45)22(42)17(12-39)51-31;13-1-4-7(17)10(20)12(3-14,22-4)23-11-9(19)8(18)6(15)5(2-16)21-11/h17-33,39-49H,1,4-15H2,2-3H3;4-11,16-20H,1-3H2/t17-,18-,19-,20+,21+,22-,23-,24-,25+,26+,27+,28-,29-,30-,31+,32+,33+,35-,36-,37-,38+;4-,5-,6+,7-,8+,9-,10+,11-,12+/m11/s1. The maximum absolute atomic E-state index is 14.1. The largest absolute Gasteiger partial charge is 0.432 e. The molecule has 9 rings (SSSR count). The van der Waals surface area contributed by atoms with Gasteiger partial charge in [0.15, 0.2) is 18.9 Å². The molecular weight excluding hydrogens is 1120 g/mol. The fourth-order valence-electron chi connectivity index (χ4n) is 14.6. The number of hydrogen-bond acceptors (Lipinski definition) is 26. The van der Waals surface area contributed by atoms with Gasteiger partial charge in [0, 0.05) is 0 Å². The molecule has 79 heavy (non-hydrogen) atoms. The maximum atomic E-state index is 14.1. The van der Waals surface area contributed by atoms with Crippen LogP contribution in [-0.2, 0) is 47.4 Å². The normalized spacial score (nSPS) is 53.6. The molecule has 0 aromatic heterocycles. The molecule has 5 heterocycles. The monoisotopic (exact) mass is 1200 g/mol. The number of alkyl halides is 3. The molecule has 0 unspecified atom stereocenters. The van der Waals surface area contributed by atoms with E-state index < -0.39 is 195 Å². The van der Waals surface area contributed by atoms with E-state index in [9.17, 15) is 86.5 Å². The summed E-state index contributed by atoms with van der Waals surface area (Å²) in [6.07, 6.45) is -27.2. The van der Waals surface area contributed by atoms with Crippen molar-refractivity contribution < 1.29 is 129 Å². The van der Waals surface area contributed by atoms with Crippen LogP contribution >= 0.6 is 34.8 Å². The number of halogens is 3. The van der Waals surface area contributed by atoms with Gasteiger partial charge in [-0.05, 0) is 86.5 Å². The molecule has 9 fully saturated rings. The van der Waals surface area contributed by atoms with Gasteiger partial charge >= 0.3 is 5.97 Å². The van der Waals surface area contributed by atoms with Crippen LogP contribution in [0.1, 0.15) is 71.6 Å². The molecule has 0 aromatic rings. The van der Waals surface area contributed by atoms with Crippen LogP contribution in [0.2, 0.25) is 0 Å². The number of rotatable bonds is 14. The molecule has 0 aromatic carbocycles. The summed E-state index contributed by atoms with van der Waals surface area (Å²) in [6, 6.07) is 0. The Bertz CT molecular complexity index is 2090. The number of carbonyl (C=O) groups is 1. The molecule has 1 spiro atoms. The van der Waals surface area contributed by atoms with Crippen molar-refractivity contribution in [2.24, 2.45) is 28.1 Å². The minimum Gasteiger partial charge on any atom is -0.432 e. The van der Waals surface area contributed by atoms with E-state index in [2.05, 4.69) is 13.5 Å². The third-order valence-corrected chi connectivity index (χ3v) is 20.1. The van der Waals surface area contributed by atoms with E-state index in [0.29, 0.717) is 44.9 Å². The highest BCUT2D eigenvalue weighted by Crippen LogP contribution is 2.74. The average molecular weight is 1200 g/mol. The Balaban J connectivity index is 0.000000299. The van der Waals surface area contributed by atoms with Crippen molar-refractivity contribution in [3.63, 3.8) is 0 Å². The molecule has 26 nitrogen and oxygen atoms in total.